The van der Waals surface area contributed by atoms with Crippen LogP contribution in [-0.2, 0) is 27.4 Å². The highest BCUT2D eigenvalue weighted by Gasteiger charge is 2.34. The SMILES string of the molecule is C=CCN(CC1CC(c2ccc(CO)cc2)OC(c2ccc(-c3ccccc3CNC(C)=O)cc2)O1)C1CCCC1. The van der Waals surface area contributed by atoms with Crippen molar-refractivity contribution in [2.75, 3.05) is 13.1 Å². The zero-order valence-corrected chi connectivity index (χ0v) is 24.0. The molecule has 0 radical (unpaired) electrons. The average Bonchev–Trinajstić information content (AvgIpc) is 3.55. The van der Waals surface area contributed by atoms with Crippen LogP contribution in [-0.4, -0.2) is 41.1 Å². The lowest BCUT2D eigenvalue weighted by atomic mass is 9.97. The number of hydrogen-bond donors (Lipinski definition) is 2. The molecule has 6 heteroatoms. The number of amides is 1. The summed E-state index contributed by atoms with van der Waals surface area (Å²) in [5, 5.41) is 12.4. The number of carbonyl (C=O) groups excluding carboxylic acids is 1. The number of aliphatic hydroxyl groups is 1. The summed E-state index contributed by atoms with van der Waals surface area (Å²) in [6.07, 6.45) is 7.22. The van der Waals surface area contributed by atoms with Crippen molar-refractivity contribution in [1.29, 1.82) is 0 Å². The molecular formula is C35H42N2O4. The minimum Gasteiger partial charge on any atom is -0.392 e. The number of benzene rings is 3. The van der Waals surface area contributed by atoms with Crippen molar-refractivity contribution in [3.8, 4) is 11.1 Å². The summed E-state index contributed by atoms with van der Waals surface area (Å²) >= 11 is 0. The second-order valence-corrected chi connectivity index (χ2v) is 11.2. The summed E-state index contributed by atoms with van der Waals surface area (Å²) in [6, 6.07) is 25.1. The summed E-state index contributed by atoms with van der Waals surface area (Å²) in [5.41, 5.74) is 6.21. The van der Waals surface area contributed by atoms with E-state index < -0.39 is 6.29 Å². The van der Waals surface area contributed by atoms with Crippen LogP contribution in [0, 0.1) is 0 Å². The molecule has 2 N–H and O–H groups in total. The molecule has 1 aliphatic heterocycles. The van der Waals surface area contributed by atoms with E-state index in [2.05, 4.69) is 59.3 Å². The van der Waals surface area contributed by atoms with Crippen molar-refractivity contribution >= 4 is 5.91 Å². The lowest BCUT2D eigenvalue weighted by molar-refractivity contribution is -0.253. The highest BCUT2D eigenvalue weighted by molar-refractivity contribution is 5.74. The molecule has 1 heterocycles. The molecule has 216 valence electrons. The topological polar surface area (TPSA) is 71.0 Å². The van der Waals surface area contributed by atoms with Gasteiger partial charge < -0.3 is 19.9 Å². The van der Waals surface area contributed by atoms with Gasteiger partial charge in [-0.3, -0.25) is 9.69 Å². The zero-order chi connectivity index (χ0) is 28.6. The minimum absolute atomic E-state index is 0.00914. The quantitative estimate of drug-likeness (QED) is 0.266. The molecule has 6 nitrogen and oxygen atoms in total. The molecule has 3 aromatic rings. The summed E-state index contributed by atoms with van der Waals surface area (Å²) in [5.74, 6) is -0.0450. The largest absolute Gasteiger partial charge is 0.392 e. The van der Waals surface area contributed by atoms with E-state index in [1.165, 1.54) is 32.6 Å². The number of ether oxygens (including phenoxy) is 2. The molecule has 0 spiro atoms. The van der Waals surface area contributed by atoms with Gasteiger partial charge in [0.25, 0.3) is 0 Å². The maximum atomic E-state index is 11.5. The molecule has 0 bridgehead atoms. The maximum Gasteiger partial charge on any atom is 0.217 e. The van der Waals surface area contributed by atoms with Gasteiger partial charge in [-0.25, -0.2) is 0 Å². The van der Waals surface area contributed by atoms with Gasteiger partial charge in [0.2, 0.25) is 5.91 Å². The van der Waals surface area contributed by atoms with Crippen LogP contribution in [0.25, 0.3) is 11.1 Å². The van der Waals surface area contributed by atoms with E-state index >= 15 is 0 Å². The van der Waals surface area contributed by atoms with Crippen molar-refractivity contribution in [2.24, 2.45) is 0 Å². The fourth-order valence-electron chi connectivity index (χ4n) is 6.10. The van der Waals surface area contributed by atoms with Gasteiger partial charge in [-0.05, 0) is 40.7 Å². The molecule has 1 saturated heterocycles. The normalized spacial score (nSPS) is 21.2. The van der Waals surface area contributed by atoms with Crippen molar-refractivity contribution < 1.29 is 19.4 Å². The van der Waals surface area contributed by atoms with E-state index in [9.17, 15) is 9.90 Å². The molecular weight excluding hydrogens is 512 g/mol. The summed E-state index contributed by atoms with van der Waals surface area (Å²) in [7, 11) is 0. The molecule has 5 rings (SSSR count). The fourth-order valence-corrected chi connectivity index (χ4v) is 6.10. The van der Waals surface area contributed by atoms with Crippen LogP contribution in [0.3, 0.4) is 0 Å². The zero-order valence-electron chi connectivity index (χ0n) is 24.0. The van der Waals surface area contributed by atoms with Crippen molar-refractivity contribution in [2.45, 2.75) is 76.7 Å². The molecule has 2 aliphatic rings. The fraction of sp³-hybridized carbons (Fsp3) is 0.400. The molecule has 1 aliphatic carbocycles. The van der Waals surface area contributed by atoms with Gasteiger partial charge in [-0.2, -0.15) is 0 Å². The summed E-state index contributed by atoms with van der Waals surface area (Å²) in [6.45, 7) is 7.77. The predicted molar refractivity (Wildman–Crippen MR) is 162 cm³/mol. The monoisotopic (exact) mass is 554 g/mol. The third-order valence-corrected chi connectivity index (χ3v) is 8.30. The number of aliphatic hydroxyl groups excluding tert-OH is 1. The average molecular weight is 555 g/mol. The highest BCUT2D eigenvalue weighted by atomic mass is 16.7. The first-order valence-electron chi connectivity index (χ1n) is 14.8. The van der Waals surface area contributed by atoms with Gasteiger partial charge in [-0.1, -0.05) is 91.7 Å². The van der Waals surface area contributed by atoms with Crippen LogP contribution >= 0.6 is 0 Å². The highest BCUT2D eigenvalue weighted by Crippen LogP contribution is 2.39. The predicted octanol–water partition coefficient (Wildman–Crippen LogP) is 6.46. The van der Waals surface area contributed by atoms with Crippen molar-refractivity contribution in [3.05, 3.63) is 108 Å². The van der Waals surface area contributed by atoms with E-state index in [1.54, 1.807) is 0 Å². The van der Waals surface area contributed by atoms with Crippen molar-refractivity contribution in [1.82, 2.24) is 10.2 Å². The van der Waals surface area contributed by atoms with Crippen molar-refractivity contribution in [3.63, 3.8) is 0 Å². The van der Waals surface area contributed by atoms with Gasteiger partial charge >= 0.3 is 0 Å². The van der Waals surface area contributed by atoms with Crippen LogP contribution in [0.1, 0.15) is 73.7 Å². The van der Waals surface area contributed by atoms with Gasteiger partial charge in [0, 0.05) is 44.6 Å². The van der Waals surface area contributed by atoms with Crippen LogP contribution in [0.4, 0.5) is 0 Å². The molecule has 41 heavy (non-hydrogen) atoms. The maximum absolute atomic E-state index is 11.5. The van der Waals surface area contributed by atoms with E-state index in [0.717, 1.165) is 52.9 Å². The Kier molecular flexibility index (Phi) is 10.0. The third-order valence-electron chi connectivity index (χ3n) is 8.30. The standard InChI is InChI=1S/C35H42N2O4/c1-3-20-37(31-9-5-6-10-31)23-32-21-34(28-14-12-26(24-38)13-15-28)41-35(40-32)29-18-16-27(17-19-29)33-11-7-4-8-30(33)22-36-25(2)39/h3-4,7-8,11-19,31-32,34-35,38H,1,5-6,9-10,20-24H2,2H3,(H,36,39). The first-order chi connectivity index (χ1) is 20.0. The number of rotatable bonds is 11. The number of nitrogens with zero attached hydrogens (tertiary/aromatic N) is 1. The Bertz CT molecular complexity index is 1280. The van der Waals surface area contributed by atoms with E-state index in [-0.39, 0.29) is 24.7 Å². The van der Waals surface area contributed by atoms with Gasteiger partial charge in [0.15, 0.2) is 6.29 Å². The Morgan fingerprint density at radius 3 is 2.39 bits per heavy atom. The Morgan fingerprint density at radius 2 is 1.71 bits per heavy atom. The molecule has 3 aromatic carbocycles. The van der Waals surface area contributed by atoms with Crippen LogP contribution in [0.2, 0.25) is 0 Å². The third kappa shape index (κ3) is 7.52. The van der Waals surface area contributed by atoms with E-state index in [0.29, 0.717) is 12.6 Å². The molecule has 1 amide bonds. The minimum atomic E-state index is -0.492. The molecule has 2 fully saturated rings. The Morgan fingerprint density at radius 1 is 1.00 bits per heavy atom. The Balaban J connectivity index is 1.38. The lowest BCUT2D eigenvalue weighted by Gasteiger charge is -2.39. The van der Waals surface area contributed by atoms with Gasteiger partial charge in [-0.15, -0.1) is 6.58 Å². The molecule has 3 unspecified atom stereocenters. The number of carbonyl (C=O) groups is 1. The second kappa shape index (κ2) is 14.1. The molecule has 3 atom stereocenters. The lowest BCUT2D eigenvalue weighted by Crippen LogP contribution is -2.43. The Hall–Kier alpha value is -3.29. The Labute approximate surface area is 244 Å². The van der Waals surface area contributed by atoms with Gasteiger partial charge in [0.1, 0.15) is 0 Å². The summed E-state index contributed by atoms with van der Waals surface area (Å²) < 4.78 is 13.2. The number of hydrogen-bond acceptors (Lipinski definition) is 5. The second-order valence-electron chi connectivity index (χ2n) is 11.2. The van der Waals surface area contributed by atoms with Crippen LogP contribution in [0.5, 0.6) is 0 Å². The molecule has 0 aromatic heterocycles. The first kappa shape index (κ1) is 29.2. The summed E-state index contributed by atoms with van der Waals surface area (Å²) in [4.78, 5) is 14.0. The molecule has 1 saturated carbocycles. The van der Waals surface area contributed by atoms with Gasteiger partial charge in [0.05, 0.1) is 18.8 Å². The van der Waals surface area contributed by atoms with E-state index in [1.807, 2.05) is 36.4 Å². The van der Waals surface area contributed by atoms with Crippen LogP contribution in [0.15, 0.2) is 85.5 Å². The number of nitrogens with one attached hydrogen (secondary N) is 1. The van der Waals surface area contributed by atoms with Crippen LogP contribution < -0.4 is 5.32 Å². The first-order valence-corrected chi connectivity index (χ1v) is 14.8. The smallest absolute Gasteiger partial charge is 0.217 e. The van der Waals surface area contributed by atoms with E-state index in [4.69, 9.17) is 9.47 Å².